The molecule has 0 heterocycles. The second kappa shape index (κ2) is 20.8. The van der Waals surface area contributed by atoms with Gasteiger partial charge in [0.2, 0.25) is 0 Å². The molecule has 3 N–H and O–H groups in total. The SMILES string of the molecule is CC(C)CCCC(=O)[C@@H](N)CCc1ccccc1.CC(C)CCCC(=O)[C@H](CCc1ccccc1)NC(=O)OC(C)(C)C. The lowest BCUT2D eigenvalue weighted by atomic mass is 9.97. The Balaban J connectivity index is 0.000000453. The molecular weight excluding hydrogens is 536 g/mol. The molecule has 6 heteroatoms. The third-order valence-electron chi connectivity index (χ3n) is 7.05. The van der Waals surface area contributed by atoms with Crippen LogP contribution < -0.4 is 11.1 Å². The number of nitrogens with one attached hydrogen (secondary N) is 1. The fourth-order valence-corrected chi connectivity index (χ4v) is 4.58. The Bertz CT molecular complexity index is 1050. The van der Waals surface area contributed by atoms with Crippen molar-refractivity contribution in [3.63, 3.8) is 0 Å². The number of carbonyl (C=O) groups excluding carboxylic acids is 3. The molecule has 0 saturated heterocycles. The van der Waals surface area contributed by atoms with Crippen molar-refractivity contribution >= 4 is 17.7 Å². The number of aryl methyl sites for hydroxylation is 2. The molecule has 2 rings (SSSR count). The van der Waals surface area contributed by atoms with Crippen molar-refractivity contribution in [2.45, 2.75) is 130 Å². The van der Waals surface area contributed by atoms with Crippen LogP contribution in [0.3, 0.4) is 0 Å². The van der Waals surface area contributed by atoms with Crippen molar-refractivity contribution in [1.82, 2.24) is 5.32 Å². The highest BCUT2D eigenvalue weighted by molar-refractivity contribution is 5.87. The number of Topliss-reactive ketones (excluding diaryl/α,β-unsaturated/α-hetero) is 2. The maximum atomic E-state index is 12.6. The number of amides is 1. The first-order valence-corrected chi connectivity index (χ1v) is 16.1. The van der Waals surface area contributed by atoms with Crippen molar-refractivity contribution in [1.29, 1.82) is 0 Å². The van der Waals surface area contributed by atoms with Crippen LogP contribution in [-0.2, 0) is 27.2 Å². The number of alkyl carbamates (subject to hydrolysis) is 1. The van der Waals surface area contributed by atoms with Gasteiger partial charge in [0.25, 0.3) is 0 Å². The van der Waals surface area contributed by atoms with Crippen molar-refractivity contribution in [3.8, 4) is 0 Å². The first-order valence-electron chi connectivity index (χ1n) is 16.1. The maximum absolute atomic E-state index is 12.6. The third-order valence-corrected chi connectivity index (χ3v) is 7.05. The fraction of sp³-hybridized carbons (Fsp3) is 0.595. The van der Waals surface area contributed by atoms with Gasteiger partial charge in [-0.25, -0.2) is 4.79 Å². The van der Waals surface area contributed by atoms with E-state index in [0.717, 1.165) is 50.5 Å². The van der Waals surface area contributed by atoms with Crippen LogP contribution in [0.15, 0.2) is 60.7 Å². The highest BCUT2D eigenvalue weighted by Gasteiger charge is 2.24. The zero-order chi connectivity index (χ0) is 32.3. The number of hydrogen-bond acceptors (Lipinski definition) is 5. The molecule has 0 aliphatic heterocycles. The van der Waals surface area contributed by atoms with Gasteiger partial charge in [0.05, 0.1) is 12.1 Å². The van der Waals surface area contributed by atoms with Gasteiger partial charge in [-0.1, -0.05) is 101 Å². The van der Waals surface area contributed by atoms with Gasteiger partial charge in [0.1, 0.15) is 11.4 Å². The van der Waals surface area contributed by atoms with Gasteiger partial charge in [0, 0.05) is 12.8 Å². The Labute approximate surface area is 261 Å². The summed E-state index contributed by atoms with van der Waals surface area (Å²) in [5, 5.41) is 2.77. The second-order valence-corrected chi connectivity index (χ2v) is 13.4. The molecule has 43 heavy (non-hydrogen) atoms. The standard InChI is InChI=1S/C21H33NO3.C16H25NO/c1-16(2)10-9-13-19(23)18(22-20(24)25-21(3,4)5)15-14-17-11-7-6-8-12-17;1-13(2)7-6-10-16(18)15(17)12-11-14-8-4-3-5-9-14/h6-8,11-12,16,18H,9-10,13-15H2,1-5H3,(H,22,24);3-5,8-9,13,15H,6-7,10-12,17H2,1-2H3/t18-;15-/m00/s1. The third kappa shape index (κ3) is 19.8. The van der Waals surface area contributed by atoms with E-state index in [2.05, 4.69) is 45.1 Å². The molecule has 6 nitrogen and oxygen atoms in total. The molecule has 0 unspecified atom stereocenters. The second-order valence-electron chi connectivity index (χ2n) is 13.4. The minimum absolute atomic E-state index is 0.0856. The molecule has 0 aliphatic rings. The van der Waals surface area contributed by atoms with E-state index in [1.165, 1.54) is 5.56 Å². The van der Waals surface area contributed by atoms with E-state index in [9.17, 15) is 14.4 Å². The highest BCUT2D eigenvalue weighted by Crippen LogP contribution is 2.14. The van der Waals surface area contributed by atoms with E-state index in [1.54, 1.807) is 0 Å². The molecule has 0 radical (unpaired) electrons. The number of rotatable bonds is 17. The lowest BCUT2D eigenvalue weighted by molar-refractivity contribution is -0.121. The van der Waals surface area contributed by atoms with E-state index in [-0.39, 0.29) is 17.6 Å². The van der Waals surface area contributed by atoms with Gasteiger partial charge in [-0.15, -0.1) is 0 Å². The number of hydrogen-bond donors (Lipinski definition) is 2. The number of carbonyl (C=O) groups is 3. The zero-order valence-electron chi connectivity index (χ0n) is 27.9. The summed E-state index contributed by atoms with van der Waals surface area (Å²) >= 11 is 0. The summed E-state index contributed by atoms with van der Waals surface area (Å²) in [7, 11) is 0. The molecule has 2 aromatic carbocycles. The summed E-state index contributed by atoms with van der Waals surface area (Å²) in [6.07, 6.45) is 7.53. The van der Waals surface area contributed by atoms with Crippen LogP contribution in [0.25, 0.3) is 0 Å². The van der Waals surface area contributed by atoms with Gasteiger partial charge in [-0.2, -0.15) is 0 Å². The van der Waals surface area contributed by atoms with Crippen molar-refractivity contribution in [3.05, 3.63) is 71.8 Å². The van der Waals surface area contributed by atoms with E-state index in [1.807, 2.05) is 69.3 Å². The highest BCUT2D eigenvalue weighted by atomic mass is 16.6. The van der Waals surface area contributed by atoms with Crippen LogP contribution in [0.1, 0.15) is 111 Å². The summed E-state index contributed by atoms with van der Waals surface area (Å²) < 4.78 is 5.31. The minimum Gasteiger partial charge on any atom is -0.444 e. The molecule has 0 saturated carbocycles. The van der Waals surface area contributed by atoms with Gasteiger partial charge in [-0.3, -0.25) is 9.59 Å². The smallest absolute Gasteiger partial charge is 0.408 e. The maximum Gasteiger partial charge on any atom is 0.408 e. The Morgan fingerprint density at radius 3 is 1.58 bits per heavy atom. The van der Waals surface area contributed by atoms with Crippen LogP contribution in [-0.4, -0.2) is 35.3 Å². The Morgan fingerprint density at radius 2 is 1.14 bits per heavy atom. The van der Waals surface area contributed by atoms with Gasteiger partial charge in [-0.05, 0) is 82.3 Å². The molecule has 0 aromatic heterocycles. The van der Waals surface area contributed by atoms with E-state index < -0.39 is 17.7 Å². The Hall–Kier alpha value is -2.99. The van der Waals surface area contributed by atoms with Crippen molar-refractivity contribution in [2.75, 3.05) is 0 Å². The number of ketones is 2. The molecular formula is C37H58N2O4. The van der Waals surface area contributed by atoms with E-state index >= 15 is 0 Å². The van der Waals surface area contributed by atoms with Gasteiger partial charge < -0.3 is 15.8 Å². The predicted octanol–water partition coefficient (Wildman–Crippen LogP) is 8.25. The lowest BCUT2D eigenvalue weighted by Gasteiger charge is -2.23. The van der Waals surface area contributed by atoms with Crippen LogP contribution in [0, 0.1) is 11.8 Å². The zero-order valence-corrected chi connectivity index (χ0v) is 27.9. The van der Waals surface area contributed by atoms with E-state index in [4.69, 9.17) is 10.5 Å². The molecule has 0 aliphatic carbocycles. The van der Waals surface area contributed by atoms with Crippen molar-refractivity contribution < 1.29 is 19.1 Å². The predicted molar refractivity (Wildman–Crippen MR) is 178 cm³/mol. The summed E-state index contributed by atoms with van der Waals surface area (Å²) in [5.74, 6) is 1.54. The number of ether oxygens (including phenoxy) is 1. The average Bonchev–Trinajstić information content (AvgIpc) is 2.94. The summed E-state index contributed by atoms with van der Waals surface area (Å²) in [6, 6.07) is 19.4. The van der Waals surface area contributed by atoms with Gasteiger partial charge in [0.15, 0.2) is 5.78 Å². The van der Waals surface area contributed by atoms with Crippen LogP contribution in [0.2, 0.25) is 0 Å². The van der Waals surface area contributed by atoms with Crippen LogP contribution >= 0.6 is 0 Å². The summed E-state index contributed by atoms with van der Waals surface area (Å²) in [5.41, 5.74) is 7.77. The van der Waals surface area contributed by atoms with E-state index in [0.29, 0.717) is 31.1 Å². The molecule has 240 valence electrons. The molecule has 2 aromatic rings. The lowest BCUT2D eigenvalue weighted by Crippen LogP contribution is -2.43. The monoisotopic (exact) mass is 594 g/mol. The van der Waals surface area contributed by atoms with Crippen molar-refractivity contribution in [2.24, 2.45) is 17.6 Å². The minimum atomic E-state index is -0.575. The Morgan fingerprint density at radius 1 is 0.698 bits per heavy atom. The van der Waals surface area contributed by atoms with Crippen LogP contribution in [0.5, 0.6) is 0 Å². The first kappa shape index (κ1) is 38.0. The molecule has 1 amide bonds. The number of nitrogens with two attached hydrogens (primary N) is 1. The number of benzene rings is 2. The molecule has 0 fully saturated rings. The summed E-state index contributed by atoms with van der Waals surface area (Å²) in [4.78, 5) is 36.5. The normalized spacial score (nSPS) is 12.7. The molecule has 2 atom stereocenters. The fourth-order valence-electron chi connectivity index (χ4n) is 4.58. The van der Waals surface area contributed by atoms with Crippen LogP contribution in [0.4, 0.5) is 4.79 Å². The molecule has 0 spiro atoms. The van der Waals surface area contributed by atoms with Gasteiger partial charge >= 0.3 is 6.09 Å². The summed E-state index contributed by atoms with van der Waals surface area (Å²) in [6.45, 7) is 14.1. The Kier molecular flexibility index (Phi) is 18.4. The molecule has 0 bridgehead atoms. The first-order chi connectivity index (χ1) is 20.3. The largest absolute Gasteiger partial charge is 0.444 e. The average molecular weight is 595 g/mol. The quantitative estimate of drug-likeness (QED) is 0.192. The topological polar surface area (TPSA) is 98.5 Å².